The van der Waals surface area contributed by atoms with Crippen LogP contribution in [0.1, 0.15) is 50.0 Å². The third-order valence-corrected chi connectivity index (χ3v) is 3.92. The molecule has 0 spiro atoms. The fourth-order valence-corrected chi connectivity index (χ4v) is 2.77. The van der Waals surface area contributed by atoms with Crippen molar-refractivity contribution in [2.45, 2.75) is 38.6 Å². The maximum absolute atomic E-state index is 5.45. The van der Waals surface area contributed by atoms with E-state index in [0.717, 1.165) is 31.0 Å². The van der Waals surface area contributed by atoms with Crippen LogP contribution in [-0.4, -0.2) is 23.8 Å². The predicted octanol–water partition coefficient (Wildman–Crippen LogP) is 3.54. The van der Waals surface area contributed by atoms with Gasteiger partial charge in [0, 0.05) is 12.5 Å². The quantitative estimate of drug-likeness (QED) is 0.860. The zero-order chi connectivity index (χ0) is 14.8. The van der Waals surface area contributed by atoms with Gasteiger partial charge in [-0.3, -0.25) is 0 Å². The molecule has 0 bridgehead atoms. The largest absolute Gasteiger partial charge is 0.497 e. The van der Waals surface area contributed by atoms with Gasteiger partial charge < -0.3 is 14.2 Å². The smallest absolute Gasteiger partial charge is 0.324 e. The summed E-state index contributed by atoms with van der Waals surface area (Å²) in [4.78, 5) is 6.73. The Kier molecular flexibility index (Phi) is 3.82. The summed E-state index contributed by atoms with van der Waals surface area (Å²) in [5, 5.41) is 4.07. The first-order valence-corrected chi connectivity index (χ1v) is 7.43. The van der Waals surface area contributed by atoms with E-state index in [1.165, 1.54) is 5.56 Å². The summed E-state index contributed by atoms with van der Waals surface area (Å²) >= 11 is 0. The van der Waals surface area contributed by atoms with Gasteiger partial charge in [0.15, 0.2) is 5.82 Å². The number of benzene rings is 1. The van der Waals surface area contributed by atoms with E-state index in [1.807, 2.05) is 12.1 Å². The van der Waals surface area contributed by atoms with E-state index in [0.29, 0.717) is 6.01 Å². The first kappa shape index (κ1) is 13.9. The van der Waals surface area contributed by atoms with E-state index in [1.54, 1.807) is 7.11 Å². The Labute approximate surface area is 124 Å². The summed E-state index contributed by atoms with van der Waals surface area (Å²) in [5.74, 6) is 1.93. The number of rotatable bonds is 4. The lowest BCUT2D eigenvalue weighted by Gasteiger charge is -2.22. The Morgan fingerprint density at radius 2 is 2.24 bits per heavy atom. The SMILES string of the molecule is COc1cccc(C2CCCN2c2nc(C(C)C)no2)c1. The number of anilines is 1. The van der Waals surface area contributed by atoms with Gasteiger partial charge in [0.25, 0.3) is 0 Å². The van der Waals surface area contributed by atoms with Crippen molar-refractivity contribution >= 4 is 6.01 Å². The predicted molar refractivity (Wildman–Crippen MR) is 80.7 cm³/mol. The molecule has 21 heavy (non-hydrogen) atoms. The first-order valence-electron chi connectivity index (χ1n) is 7.43. The number of ether oxygens (including phenoxy) is 1. The Morgan fingerprint density at radius 3 is 2.95 bits per heavy atom. The van der Waals surface area contributed by atoms with E-state index in [-0.39, 0.29) is 12.0 Å². The van der Waals surface area contributed by atoms with Gasteiger partial charge in [0.1, 0.15) is 5.75 Å². The molecule has 5 heteroatoms. The van der Waals surface area contributed by atoms with Crippen LogP contribution in [0, 0.1) is 0 Å². The molecule has 1 atom stereocenters. The second kappa shape index (κ2) is 5.76. The monoisotopic (exact) mass is 287 g/mol. The Balaban J connectivity index is 1.87. The highest BCUT2D eigenvalue weighted by Crippen LogP contribution is 2.36. The van der Waals surface area contributed by atoms with Crippen molar-refractivity contribution in [3.05, 3.63) is 35.7 Å². The highest BCUT2D eigenvalue weighted by Gasteiger charge is 2.30. The van der Waals surface area contributed by atoms with Crippen molar-refractivity contribution in [2.24, 2.45) is 0 Å². The van der Waals surface area contributed by atoms with Crippen LogP contribution in [0.4, 0.5) is 6.01 Å². The van der Waals surface area contributed by atoms with Crippen LogP contribution < -0.4 is 9.64 Å². The molecular formula is C16H21N3O2. The molecule has 5 nitrogen and oxygen atoms in total. The highest BCUT2D eigenvalue weighted by molar-refractivity contribution is 5.39. The molecule has 1 aliphatic heterocycles. The summed E-state index contributed by atoms with van der Waals surface area (Å²) < 4.78 is 10.8. The number of hydrogen-bond donors (Lipinski definition) is 0. The zero-order valence-electron chi connectivity index (χ0n) is 12.7. The molecule has 1 aromatic heterocycles. The molecular weight excluding hydrogens is 266 g/mol. The lowest BCUT2D eigenvalue weighted by molar-refractivity contribution is 0.400. The number of hydrogen-bond acceptors (Lipinski definition) is 5. The van der Waals surface area contributed by atoms with Gasteiger partial charge in [-0.2, -0.15) is 4.98 Å². The molecule has 3 rings (SSSR count). The molecule has 0 saturated carbocycles. The van der Waals surface area contributed by atoms with E-state index in [9.17, 15) is 0 Å². The third-order valence-electron chi connectivity index (χ3n) is 3.92. The molecule has 2 heterocycles. The second-order valence-electron chi connectivity index (χ2n) is 5.72. The Hall–Kier alpha value is -2.04. The number of nitrogens with zero attached hydrogens (tertiary/aromatic N) is 3. The highest BCUT2D eigenvalue weighted by atomic mass is 16.5. The average molecular weight is 287 g/mol. The summed E-state index contributed by atoms with van der Waals surface area (Å²) in [6.07, 6.45) is 2.22. The molecule has 0 amide bonds. The van der Waals surface area contributed by atoms with Crippen LogP contribution >= 0.6 is 0 Å². The van der Waals surface area contributed by atoms with E-state index < -0.39 is 0 Å². The molecule has 1 aliphatic rings. The molecule has 1 saturated heterocycles. The van der Waals surface area contributed by atoms with Gasteiger partial charge in [0.2, 0.25) is 0 Å². The Morgan fingerprint density at radius 1 is 1.38 bits per heavy atom. The maximum atomic E-state index is 5.45. The third kappa shape index (κ3) is 2.73. The van der Waals surface area contributed by atoms with Crippen molar-refractivity contribution in [2.75, 3.05) is 18.6 Å². The lowest BCUT2D eigenvalue weighted by atomic mass is 10.0. The normalized spacial score (nSPS) is 18.5. The van der Waals surface area contributed by atoms with Crippen molar-refractivity contribution in [3.8, 4) is 5.75 Å². The molecule has 1 fully saturated rings. The van der Waals surface area contributed by atoms with Crippen molar-refractivity contribution in [1.29, 1.82) is 0 Å². The number of aromatic nitrogens is 2. The number of methoxy groups -OCH3 is 1. The molecule has 0 radical (unpaired) electrons. The minimum atomic E-state index is 0.278. The molecule has 0 aliphatic carbocycles. The fraction of sp³-hybridized carbons (Fsp3) is 0.500. The summed E-state index contributed by atoms with van der Waals surface area (Å²) in [6, 6.07) is 9.11. The average Bonchev–Trinajstić information content (AvgIpc) is 3.15. The molecule has 2 aromatic rings. The van der Waals surface area contributed by atoms with E-state index in [4.69, 9.17) is 9.26 Å². The van der Waals surface area contributed by atoms with Gasteiger partial charge >= 0.3 is 6.01 Å². The van der Waals surface area contributed by atoms with Crippen LogP contribution in [0.15, 0.2) is 28.8 Å². The molecule has 112 valence electrons. The molecule has 0 N–H and O–H groups in total. The molecule has 1 unspecified atom stereocenters. The van der Waals surface area contributed by atoms with Gasteiger partial charge in [-0.05, 0) is 30.5 Å². The van der Waals surface area contributed by atoms with Crippen LogP contribution in [0.2, 0.25) is 0 Å². The second-order valence-corrected chi connectivity index (χ2v) is 5.72. The van der Waals surface area contributed by atoms with Crippen LogP contribution in [0.5, 0.6) is 5.75 Å². The van der Waals surface area contributed by atoms with E-state index >= 15 is 0 Å². The van der Waals surface area contributed by atoms with Gasteiger partial charge in [-0.1, -0.05) is 31.1 Å². The van der Waals surface area contributed by atoms with Gasteiger partial charge in [-0.15, -0.1) is 0 Å². The first-order chi connectivity index (χ1) is 10.2. The van der Waals surface area contributed by atoms with Gasteiger partial charge in [-0.25, -0.2) is 0 Å². The summed E-state index contributed by atoms with van der Waals surface area (Å²) in [5.41, 5.74) is 1.23. The maximum Gasteiger partial charge on any atom is 0.324 e. The summed E-state index contributed by atoms with van der Waals surface area (Å²) in [6.45, 7) is 5.08. The zero-order valence-corrected chi connectivity index (χ0v) is 12.7. The standard InChI is InChI=1S/C16H21N3O2/c1-11(2)15-17-16(21-18-15)19-9-5-8-14(19)12-6-4-7-13(10-12)20-3/h4,6-7,10-11,14H,5,8-9H2,1-3H3. The van der Waals surface area contributed by atoms with Crippen molar-refractivity contribution in [3.63, 3.8) is 0 Å². The Bertz CT molecular complexity index is 609. The van der Waals surface area contributed by atoms with Crippen molar-refractivity contribution < 1.29 is 9.26 Å². The van der Waals surface area contributed by atoms with Gasteiger partial charge in [0.05, 0.1) is 13.2 Å². The van der Waals surface area contributed by atoms with Crippen LogP contribution in [0.3, 0.4) is 0 Å². The van der Waals surface area contributed by atoms with Crippen LogP contribution in [0.25, 0.3) is 0 Å². The lowest BCUT2D eigenvalue weighted by Crippen LogP contribution is -2.22. The molecule has 1 aromatic carbocycles. The minimum Gasteiger partial charge on any atom is -0.497 e. The van der Waals surface area contributed by atoms with E-state index in [2.05, 4.69) is 41.0 Å². The van der Waals surface area contributed by atoms with Crippen LogP contribution in [-0.2, 0) is 0 Å². The van der Waals surface area contributed by atoms with Crippen molar-refractivity contribution in [1.82, 2.24) is 10.1 Å². The topological polar surface area (TPSA) is 51.4 Å². The fourth-order valence-electron chi connectivity index (χ4n) is 2.77. The summed E-state index contributed by atoms with van der Waals surface area (Å²) in [7, 11) is 1.69. The minimum absolute atomic E-state index is 0.278.